The summed E-state index contributed by atoms with van der Waals surface area (Å²) in [6.45, 7) is 7.03. The first-order valence-corrected chi connectivity index (χ1v) is 10.1. The van der Waals surface area contributed by atoms with E-state index < -0.39 is 0 Å². The Morgan fingerprint density at radius 1 is 1.15 bits per heavy atom. The number of carbonyl (C=O) groups is 2. The zero-order valence-electron chi connectivity index (χ0n) is 16.2. The molecule has 0 atom stereocenters. The number of benzene rings is 1. The van der Waals surface area contributed by atoms with Crippen molar-refractivity contribution in [1.29, 1.82) is 0 Å². The Hall–Kier alpha value is -2.37. The van der Waals surface area contributed by atoms with E-state index in [1.54, 1.807) is 0 Å². The van der Waals surface area contributed by atoms with Crippen LogP contribution in [-0.2, 0) is 16.0 Å². The van der Waals surface area contributed by atoms with Crippen LogP contribution in [0.4, 0.5) is 0 Å². The Kier molecular flexibility index (Phi) is 4.89. The van der Waals surface area contributed by atoms with Crippen LogP contribution in [0.15, 0.2) is 18.2 Å². The van der Waals surface area contributed by atoms with Crippen molar-refractivity contribution in [2.45, 2.75) is 45.4 Å². The maximum atomic E-state index is 12.8. The second kappa shape index (κ2) is 7.33. The number of amides is 2. The van der Waals surface area contributed by atoms with Gasteiger partial charge in [-0.1, -0.05) is 19.9 Å². The molecule has 0 spiro atoms. The van der Waals surface area contributed by atoms with Crippen molar-refractivity contribution in [3.8, 4) is 0 Å². The molecule has 4 rings (SSSR count). The van der Waals surface area contributed by atoms with Gasteiger partial charge >= 0.3 is 0 Å². The van der Waals surface area contributed by atoms with Crippen LogP contribution in [0.25, 0.3) is 11.0 Å². The van der Waals surface area contributed by atoms with E-state index in [0.29, 0.717) is 25.4 Å². The third kappa shape index (κ3) is 3.99. The first-order chi connectivity index (χ1) is 13.0. The summed E-state index contributed by atoms with van der Waals surface area (Å²) in [5.74, 6) is 2.00. The molecule has 0 radical (unpaired) electrons. The summed E-state index contributed by atoms with van der Waals surface area (Å²) in [4.78, 5) is 36.9. The van der Waals surface area contributed by atoms with Crippen LogP contribution < -0.4 is 0 Å². The van der Waals surface area contributed by atoms with E-state index in [4.69, 9.17) is 0 Å². The number of H-pyrrole nitrogens is 1. The fourth-order valence-corrected chi connectivity index (χ4v) is 3.72. The van der Waals surface area contributed by atoms with E-state index in [1.165, 1.54) is 0 Å². The number of hydrogen-bond acceptors (Lipinski definition) is 3. The predicted molar refractivity (Wildman–Crippen MR) is 104 cm³/mol. The van der Waals surface area contributed by atoms with Gasteiger partial charge in [-0.15, -0.1) is 0 Å². The number of nitrogens with zero attached hydrogens (tertiary/aromatic N) is 3. The lowest BCUT2D eigenvalue weighted by Crippen LogP contribution is -2.38. The minimum absolute atomic E-state index is 0.138. The highest BCUT2D eigenvalue weighted by atomic mass is 16.2. The molecular formula is C21H28N4O2. The molecule has 2 amide bonds. The van der Waals surface area contributed by atoms with E-state index in [-0.39, 0.29) is 17.7 Å². The van der Waals surface area contributed by atoms with Gasteiger partial charge in [0.1, 0.15) is 5.82 Å². The molecule has 6 heteroatoms. The standard InChI is InChI=1S/C21H28N4O2/c1-14(2)20-22-17-7-4-15(12-18(17)23-20)13-19(26)24-8-3-9-25(11-10-24)21(27)16-5-6-16/h4,7,12,14,16H,3,5-6,8-11,13H2,1-2H3,(H,22,23). The van der Waals surface area contributed by atoms with Crippen molar-refractivity contribution in [2.24, 2.45) is 5.92 Å². The second-order valence-corrected chi connectivity index (χ2v) is 8.14. The zero-order valence-corrected chi connectivity index (χ0v) is 16.2. The van der Waals surface area contributed by atoms with Gasteiger partial charge in [-0.25, -0.2) is 4.98 Å². The molecule has 0 unspecified atom stereocenters. The average Bonchev–Trinajstić information content (AvgIpc) is 3.44. The van der Waals surface area contributed by atoms with E-state index in [1.807, 2.05) is 28.0 Å². The highest BCUT2D eigenvalue weighted by Crippen LogP contribution is 2.31. The SMILES string of the molecule is CC(C)c1nc2ccc(CC(=O)N3CCCN(C(=O)C4CC4)CC3)cc2[nH]1. The van der Waals surface area contributed by atoms with Crippen LogP contribution in [-0.4, -0.2) is 57.8 Å². The minimum Gasteiger partial charge on any atom is -0.342 e. The summed E-state index contributed by atoms with van der Waals surface area (Å²) in [5, 5.41) is 0. The fourth-order valence-electron chi connectivity index (χ4n) is 3.72. The van der Waals surface area contributed by atoms with Crippen molar-refractivity contribution >= 4 is 22.8 Å². The normalized spacial score (nSPS) is 18.2. The fraction of sp³-hybridized carbons (Fsp3) is 0.571. The largest absolute Gasteiger partial charge is 0.342 e. The lowest BCUT2D eigenvalue weighted by molar-refractivity contribution is -0.134. The Bertz CT molecular complexity index is 853. The quantitative estimate of drug-likeness (QED) is 0.902. The number of fused-ring (bicyclic) bond motifs is 1. The van der Waals surface area contributed by atoms with E-state index in [2.05, 4.69) is 23.8 Å². The van der Waals surface area contributed by atoms with Gasteiger partial charge in [0, 0.05) is 38.0 Å². The van der Waals surface area contributed by atoms with Crippen LogP contribution in [0.1, 0.15) is 50.4 Å². The first kappa shape index (κ1) is 18.0. The Morgan fingerprint density at radius 3 is 2.63 bits per heavy atom. The lowest BCUT2D eigenvalue weighted by Gasteiger charge is -2.22. The molecule has 2 fully saturated rings. The molecular weight excluding hydrogens is 340 g/mol. The molecule has 1 saturated carbocycles. The minimum atomic E-state index is 0.138. The Morgan fingerprint density at radius 2 is 1.89 bits per heavy atom. The number of nitrogens with one attached hydrogen (secondary N) is 1. The third-order valence-electron chi connectivity index (χ3n) is 5.55. The molecule has 144 valence electrons. The third-order valence-corrected chi connectivity index (χ3v) is 5.55. The molecule has 2 heterocycles. The van der Waals surface area contributed by atoms with Crippen LogP contribution in [0.3, 0.4) is 0 Å². The number of carbonyl (C=O) groups excluding carboxylic acids is 2. The molecule has 1 aliphatic heterocycles. The topological polar surface area (TPSA) is 69.3 Å². The van der Waals surface area contributed by atoms with Gasteiger partial charge < -0.3 is 14.8 Å². The van der Waals surface area contributed by atoms with Crippen molar-refractivity contribution in [1.82, 2.24) is 19.8 Å². The van der Waals surface area contributed by atoms with Gasteiger partial charge in [-0.3, -0.25) is 9.59 Å². The van der Waals surface area contributed by atoms with E-state index >= 15 is 0 Å². The van der Waals surface area contributed by atoms with E-state index in [9.17, 15) is 9.59 Å². The van der Waals surface area contributed by atoms with Crippen molar-refractivity contribution in [3.05, 3.63) is 29.6 Å². The number of aromatic amines is 1. The molecule has 1 N–H and O–H groups in total. The summed E-state index contributed by atoms with van der Waals surface area (Å²) in [6, 6.07) is 6.01. The van der Waals surface area contributed by atoms with Gasteiger partial charge in [0.15, 0.2) is 0 Å². The van der Waals surface area contributed by atoms with Crippen LogP contribution in [0.5, 0.6) is 0 Å². The van der Waals surface area contributed by atoms with Gasteiger partial charge in [0.2, 0.25) is 11.8 Å². The average molecular weight is 368 g/mol. The molecule has 2 aliphatic rings. The van der Waals surface area contributed by atoms with Crippen molar-refractivity contribution in [2.75, 3.05) is 26.2 Å². The molecule has 1 aromatic carbocycles. The lowest BCUT2D eigenvalue weighted by atomic mass is 10.1. The summed E-state index contributed by atoms with van der Waals surface area (Å²) in [6.07, 6.45) is 3.32. The maximum absolute atomic E-state index is 12.8. The second-order valence-electron chi connectivity index (χ2n) is 8.14. The smallest absolute Gasteiger partial charge is 0.227 e. The molecule has 0 bridgehead atoms. The van der Waals surface area contributed by atoms with Crippen LogP contribution >= 0.6 is 0 Å². The maximum Gasteiger partial charge on any atom is 0.227 e. The zero-order chi connectivity index (χ0) is 19.0. The summed E-state index contributed by atoms with van der Waals surface area (Å²) in [7, 11) is 0. The summed E-state index contributed by atoms with van der Waals surface area (Å²) in [5.41, 5.74) is 2.93. The Balaban J connectivity index is 1.39. The first-order valence-electron chi connectivity index (χ1n) is 10.1. The molecule has 2 aromatic rings. The number of hydrogen-bond donors (Lipinski definition) is 1. The molecule has 6 nitrogen and oxygen atoms in total. The Labute approximate surface area is 159 Å². The molecule has 27 heavy (non-hydrogen) atoms. The molecule has 1 saturated heterocycles. The van der Waals surface area contributed by atoms with Crippen LogP contribution in [0.2, 0.25) is 0 Å². The van der Waals surface area contributed by atoms with Gasteiger partial charge in [-0.2, -0.15) is 0 Å². The monoisotopic (exact) mass is 368 g/mol. The molecule has 1 aliphatic carbocycles. The van der Waals surface area contributed by atoms with Crippen LogP contribution in [0, 0.1) is 5.92 Å². The predicted octanol–water partition coefficient (Wildman–Crippen LogP) is 2.70. The van der Waals surface area contributed by atoms with Gasteiger partial charge in [0.05, 0.1) is 17.5 Å². The number of aromatic nitrogens is 2. The summed E-state index contributed by atoms with van der Waals surface area (Å²) >= 11 is 0. The van der Waals surface area contributed by atoms with Gasteiger partial charge in [-0.05, 0) is 37.0 Å². The highest BCUT2D eigenvalue weighted by molar-refractivity contribution is 5.83. The summed E-state index contributed by atoms with van der Waals surface area (Å²) < 4.78 is 0. The van der Waals surface area contributed by atoms with Crippen molar-refractivity contribution < 1.29 is 9.59 Å². The van der Waals surface area contributed by atoms with E-state index in [0.717, 1.165) is 54.8 Å². The number of imidazole rings is 1. The van der Waals surface area contributed by atoms with Gasteiger partial charge in [0.25, 0.3) is 0 Å². The van der Waals surface area contributed by atoms with Crippen molar-refractivity contribution in [3.63, 3.8) is 0 Å². The molecule has 1 aromatic heterocycles. The number of rotatable bonds is 4. The highest BCUT2D eigenvalue weighted by Gasteiger charge is 2.34.